The lowest BCUT2D eigenvalue weighted by atomic mass is 9.86. The van der Waals surface area contributed by atoms with Crippen molar-refractivity contribution in [3.63, 3.8) is 0 Å². The smallest absolute Gasteiger partial charge is 0.149 e. The summed E-state index contributed by atoms with van der Waals surface area (Å²) in [6.07, 6.45) is 7.47. The van der Waals surface area contributed by atoms with Crippen molar-refractivity contribution in [2.24, 2.45) is 17.8 Å². The lowest BCUT2D eigenvalue weighted by Gasteiger charge is -2.23. The van der Waals surface area contributed by atoms with Crippen LogP contribution in [0.25, 0.3) is 0 Å². The third-order valence-electron chi connectivity index (χ3n) is 4.69. The first kappa shape index (κ1) is 13.1. The molecule has 2 aliphatic rings. The number of nitrogens with zero attached hydrogens (tertiary/aromatic N) is 1. The van der Waals surface area contributed by atoms with Crippen molar-refractivity contribution in [3.8, 4) is 0 Å². The van der Waals surface area contributed by atoms with Crippen LogP contribution in [0.3, 0.4) is 0 Å². The zero-order valence-electron chi connectivity index (χ0n) is 11.5. The molecule has 2 nitrogen and oxygen atoms in total. The maximum absolute atomic E-state index is 12.2. The van der Waals surface area contributed by atoms with E-state index in [1.165, 1.54) is 25.7 Å². The molecule has 1 aliphatic heterocycles. The molecule has 1 aliphatic carbocycles. The maximum atomic E-state index is 12.2. The molecule has 0 N–H and O–H groups in total. The van der Waals surface area contributed by atoms with Gasteiger partial charge in [0.15, 0.2) is 0 Å². The van der Waals surface area contributed by atoms with E-state index in [1.807, 2.05) is 0 Å². The van der Waals surface area contributed by atoms with Crippen LogP contribution in [0.15, 0.2) is 0 Å². The molecule has 1 unspecified atom stereocenters. The average Bonchev–Trinajstić information content (AvgIpc) is 2.79. The van der Waals surface area contributed by atoms with E-state index in [-0.39, 0.29) is 0 Å². The van der Waals surface area contributed by atoms with Crippen LogP contribution < -0.4 is 0 Å². The van der Waals surface area contributed by atoms with Crippen LogP contribution in [-0.2, 0) is 4.79 Å². The highest BCUT2D eigenvalue weighted by atomic mass is 16.1. The lowest BCUT2D eigenvalue weighted by Crippen LogP contribution is -2.32. The van der Waals surface area contributed by atoms with E-state index in [0.29, 0.717) is 11.7 Å². The van der Waals surface area contributed by atoms with Crippen LogP contribution in [0.1, 0.15) is 52.4 Å². The van der Waals surface area contributed by atoms with Crippen molar-refractivity contribution in [2.75, 3.05) is 19.6 Å². The highest BCUT2D eigenvalue weighted by Crippen LogP contribution is 2.27. The summed E-state index contributed by atoms with van der Waals surface area (Å²) >= 11 is 0. The quantitative estimate of drug-likeness (QED) is 0.749. The minimum absolute atomic E-state index is 0.391. The van der Waals surface area contributed by atoms with Crippen LogP contribution >= 0.6 is 0 Å². The number of rotatable bonds is 4. The van der Waals surface area contributed by atoms with Crippen molar-refractivity contribution in [3.05, 3.63) is 0 Å². The minimum atomic E-state index is 0.391. The predicted octanol–water partition coefficient (Wildman–Crippen LogP) is 3.11. The van der Waals surface area contributed by atoms with E-state index in [9.17, 15) is 4.79 Å². The molecule has 0 bridgehead atoms. The van der Waals surface area contributed by atoms with Gasteiger partial charge < -0.3 is 0 Å². The summed E-state index contributed by atoms with van der Waals surface area (Å²) in [5.74, 6) is 2.50. The van der Waals surface area contributed by atoms with Gasteiger partial charge in [-0.2, -0.15) is 0 Å². The zero-order valence-corrected chi connectivity index (χ0v) is 11.5. The standard InChI is InChI=1S/C15H27NO/c1-12(2)14-8-9-16(10-14)11-15(17)13-6-4-3-5-7-13/h12-14H,3-11H2,1-2H3. The van der Waals surface area contributed by atoms with Crippen molar-refractivity contribution in [2.45, 2.75) is 52.4 Å². The van der Waals surface area contributed by atoms with Gasteiger partial charge in [0.1, 0.15) is 5.78 Å². The Bertz CT molecular complexity index is 256. The van der Waals surface area contributed by atoms with E-state index >= 15 is 0 Å². The number of Topliss-reactive ketones (excluding diaryl/α,β-unsaturated/α-hetero) is 1. The van der Waals surface area contributed by atoms with Crippen molar-refractivity contribution in [1.29, 1.82) is 0 Å². The number of hydrogen-bond acceptors (Lipinski definition) is 2. The Hall–Kier alpha value is -0.370. The third kappa shape index (κ3) is 3.54. The van der Waals surface area contributed by atoms with Gasteiger partial charge in [-0.1, -0.05) is 33.1 Å². The van der Waals surface area contributed by atoms with E-state index in [2.05, 4.69) is 18.7 Å². The summed E-state index contributed by atoms with van der Waals surface area (Å²) in [6, 6.07) is 0. The number of hydrogen-bond donors (Lipinski definition) is 0. The van der Waals surface area contributed by atoms with Gasteiger partial charge in [0.2, 0.25) is 0 Å². The second kappa shape index (κ2) is 5.99. The molecule has 1 saturated carbocycles. The number of likely N-dealkylation sites (tertiary alicyclic amines) is 1. The molecule has 0 amide bonds. The summed E-state index contributed by atoms with van der Waals surface area (Å²) in [5.41, 5.74) is 0. The van der Waals surface area contributed by atoms with E-state index in [4.69, 9.17) is 0 Å². The van der Waals surface area contributed by atoms with Crippen LogP contribution in [0.5, 0.6) is 0 Å². The predicted molar refractivity (Wildman–Crippen MR) is 71.0 cm³/mol. The fourth-order valence-electron chi connectivity index (χ4n) is 3.32. The Labute approximate surface area is 106 Å². The van der Waals surface area contributed by atoms with Crippen LogP contribution in [0, 0.1) is 17.8 Å². The molecule has 98 valence electrons. The van der Waals surface area contributed by atoms with Crippen LogP contribution in [0.4, 0.5) is 0 Å². The molecule has 1 atom stereocenters. The number of carbonyl (C=O) groups is 1. The largest absolute Gasteiger partial charge is 0.298 e. The highest BCUT2D eigenvalue weighted by Gasteiger charge is 2.28. The molecule has 2 heteroatoms. The summed E-state index contributed by atoms with van der Waals surface area (Å²) in [4.78, 5) is 14.6. The fourth-order valence-corrected chi connectivity index (χ4v) is 3.32. The van der Waals surface area contributed by atoms with Crippen LogP contribution in [0.2, 0.25) is 0 Å². The first-order valence-electron chi connectivity index (χ1n) is 7.42. The van der Waals surface area contributed by atoms with Gasteiger partial charge in [-0.25, -0.2) is 0 Å². The summed E-state index contributed by atoms with van der Waals surface area (Å²) in [7, 11) is 0. The molecule has 0 aromatic carbocycles. The molecule has 0 aromatic rings. The molecular formula is C15H27NO. The van der Waals surface area contributed by atoms with Gasteiger partial charge in [0.25, 0.3) is 0 Å². The normalized spacial score (nSPS) is 27.8. The second-order valence-corrected chi connectivity index (χ2v) is 6.33. The number of carbonyl (C=O) groups excluding carboxylic acids is 1. The molecular weight excluding hydrogens is 210 g/mol. The lowest BCUT2D eigenvalue weighted by molar-refractivity contribution is -0.124. The summed E-state index contributed by atoms with van der Waals surface area (Å²) < 4.78 is 0. The first-order valence-corrected chi connectivity index (χ1v) is 7.42. The Kier molecular flexibility index (Phi) is 4.61. The van der Waals surface area contributed by atoms with Crippen molar-refractivity contribution < 1.29 is 4.79 Å². The highest BCUT2D eigenvalue weighted by molar-refractivity contribution is 5.83. The molecule has 0 aromatic heterocycles. The molecule has 17 heavy (non-hydrogen) atoms. The Morgan fingerprint density at radius 2 is 1.88 bits per heavy atom. The summed E-state index contributed by atoms with van der Waals surface area (Å²) in [5, 5.41) is 0. The minimum Gasteiger partial charge on any atom is -0.298 e. The Balaban J connectivity index is 1.75. The first-order chi connectivity index (χ1) is 8.16. The number of ketones is 1. The van der Waals surface area contributed by atoms with Gasteiger partial charge >= 0.3 is 0 Å². The average molecular weight is 237 g/mol. The topological polar surface area (TPSA) is 20.3 Å². The second-order valence-electron chi connectivity index (χ2n) is 6.33. The molecule has 0 spiro atoms. The van der Waals surface area contributed by atoms with Crippen molar-refractivity contribution in [1.82, 2.24) is 4.90 Å². The van der Waals surface area contributed by atoms with Gasteiger partial charge in [-0.15, -0.1) is 0 Å². The van der Waals surface area contributed by atoms with Gasteiger partial charge in [0.05, 0.1) is 6.54 Å². The monoisotopic (exact) mass is 237 g/mol. The van der Waals surface area contributed by atoms with Crippen LogP contribution in [-0.4, -0.2) is 30.3 Å². The maximum Gasteiger partial charge on any atom is 0.149 e. The van der Waals surface area contributed by atoms with Gasteiger partial charge in [-0.05, 0) is 37.6 Å². The Morgan fingerprint density at radius 3 is 2.47 bits per heavy atom. The van der Waals surface area contributed by atoms with E-state index < -0.39 is 0 Å². The SMILES string of the molecule is CC(C)C1CCN(CC(=O)C2CCCCC2)C1. The van der Waals surface area contributed by atoms with Gasteiger partial charge in [0, 0.05) is 12.5 Å². The zero-order chi connectivity index (χ0) is 12.3. The molecule has 1 heterocycles. The molecule has 2 rings (SSSR count). The molecule has 1 saturated heterocycles. The van der Waals surface area contributed by atoms with Gasteiger partial charge in [-0.3, -0.25) is 9.69 Å². The van der Waals surface area contributed by atoms with E-state index in [1.54, 1.807) is 0 Å². The molecule has 2 fully saturated rings. The fraction of sp³-hybridized carbons (Fsp3) is 0.933. The van der Waals surface area contributed by atoms with Crippen molar-refractivity contribution >= 4 is 5.78 Å². The van der Waals surface area contributed by atoms with E-state index in [0.717, 1.165) is 44.3 Å². The summed E-state index contributed by atoms with van der Waals surface area (Å²) in [6.45, 7) is 7.62. The molecule has 0 radical (unpaired) electrons. The Morgan fingerprint density at radius 1 is 1.18 bits per heavy atom. The third-order valence-corrected chi connectivity index (χ3v) is 4.69.